The number of benzene rings is 2. The Labute approximate surface area is 167 Å². The van der Waals surface area contributed by atoms with Gasteiger partial charge in [0, 0.05) is 16.9 Å². The van der Waals surface area contributed by atoms with Crippen LogP contribution in [0.5, 0.6) is 5.75 Å². The predicted molar refractivity (Wildman–Crippen MR) is 108 cm³/mol. The van der Waals surface area contributed by atoms with Crippen molar-refractivity contribution >= 4 is 35.6 Å². The zero-order chi connectivity index (χ0) is 20.5. The Bertz CT molecular complexity index is 886. The molecule has 0 unspecified atom stereocenters. The van der Waals surface area contributed by atoms with Gasteiger partial charge in [0.25, 0.3) is 0 Å². The minimum atomic E-state index is -0.891. The van der Waals surface area contributed by atoms with E-state index in [0.29, 0.717) is 22.6 Å². The molecule has 0 saturated carbocycles. The summed E-state index contributed by atoms with van der Waals surface area (Å²) in [5.41, 5.74) is 2.45. The molecule has 7 heteroatoms. The number of carbonyl (C=O) groups excluding carboxylic acids is 2. The Morgan fingerprint density at radius 3 is 2.32 bits per heavy atom. The van der Waals surface area contributed by atoms with Gasteiger partial charge in [-0.05, 0) is 42.0 Å². The fourth-order valence-corrected chi connectivity index (χ4v) is 3.13. The normalized spacial score (nSPS) is 10.6. The smallest absolute Gasteiger partial charge is 0.337 e. The second-order valence-corrected chi connectivity index (χ2v) is 6.71. The summed E-state index contributed by atoms with van der Waals surface area (Å²) in [7, 11) is 2.85. The molecular weight excluding hydrogens is 380 g/mol. The van der Waals surface area contributed by atoms with Gasteiger partial charge in [-0.1, -0.05) is 18.2 Å². The molecule has 0 bridgehead atoms. The van der Waals surface area contributed by atoms with E-state index in [1.165, 1.54) is 32.1 Å². The summed E-state index contributed by atoms with van der Waals surface area (Å²) >= 11 is 1.23. The van der Waals surface area contributed by atoms with Gasteiger partial charge in [0.2, 0.25) is 0 Å². The van der Waals surface area contributed by atoms with E-state index in [1.807, 2.05) is 0 Å². The van der Waals surface area contributed by atoms with Crippen LogP contribution in [0.4, 0.5) is 0 Å². The zero-order valence-electron chi connectivity index (χ0n) is 15.5. The Morgan fingerprint density at radius 1 is 1.04 bits per heavy atom. The third-order valence-corrected chi connectivity index (χ3v) is 4.77. The topological polar surface area (TPSA) is 89.9 Å². The number of hydrogen-bond acceptors (Lipinski definition) is 6. The summed E-state index contributed by atoms with van der Waals surface area (Å²) in [5.74, 6) is -0.491. The Kier molecular flexibility index (Phi) is 7.83. The molecule has 2 rings (SSSR count). The molecule has 6 nitrogen and oxygen atoms in total. The molecule has 1 N–H and O–H groups in total. The maximum atomic E-state index is 12.5. The second-order valence-electron chi connectivity index (χ2n) is 5.72. The molecule has 0 aromatic heterocycles. The molecule has 0 heterocycles. The van der Waals surface area contributed by atoms with E-state index < -0.39 is 11.9 Å². The molecule has 0 radical (unpaired) electrons. The van der Waals surface area contributed by atoms with Gasteiger partial charge in [0.1, 0.15) is 5.75 Å². The highest BCUT2D eigenvalue weighted by molar-refractivity contribution is 7.99. The van der Waals surface area contributed by atoms with Crippen molar-refractivity contribution in [3.05, 3.63) is 70.8 Å². The summed E-state index contributed by atoms with van der Waals surface area (Å²) in [4.78, 5) is 34.6. The molecule has 0 aliphatic heterocycles. The van der Waals surface area contributed by atoms with Crippen molar-refractivity contribution in [3.8, 4) is 5.75 Å². The Balaban J connectivity index is 2.11. The largest absolute Gasteiger partial charge is 0.496 e. The van der Waals surface area contributed by atoms with Crippen LogP contribution >= 0.6 is 11.8 Å². The van der Waals surface area contributed by atoms with Crippen LogP contribution in [0.3, 0.4) is 0 Å². The van der Waals surface area contributed by atoms with E-state index in [2.05, 4.69) is 4.74 Å². The molecule has 0 spiro atoms. The summed E-state index contributed by atoms with van der Waals surface area (Å²) in [6, 6.07) is 11.8. The third kappa shape index (κ3) is 5.99. The third-order valence-electron chi connectivity index (χ3n) is 3.81. The standard InChI is InChI=1S/C21H20O6S/c1-26-19-10-8-16(11-17(19)12-28-13-20(23)24)18(22)9-5-14-3-6-15(7-4-14)21(25)27-2/h3-11H,12-13H2,1-2H3,(H,23,24). The monoisotopic (exact) mass is 400 g/mol. The highest BCUT2D eigenvalue weighted by atomic mass is 32.2. The van der Waals surface area contributed by atoms with Gasteiger partial charge >= 0.3 is 11.9 Å². The maximum absolute atomic E-state index is 12.5. The molecule has 0 atom stereocenters. The van der Waals surface area contributed by atoms with Crippen molar-refractivity contribution in [2.75, 3.05) is 20.0 Å². The van der Waals surface area contributed by atoms with Crippen molar-refractivity contribution < 1.29 is 29.0 Å². The number of esters is 1. The SMILES string of the molecule is COC(=O)c1ccc(C=CC(=O)c2ccc(OC)c(CSCC(=O)O)c2)cc1. The van der Waals surface area contributed by atoms with E-state index >= 15 is 0 Å². The molecule has 28 heavy (non-hydrogen) atoms. The lowest BCUT2D eigenvalue weighted by molar-refractivity contribution is -0.133. The van der Waals surface area contributed by atoms with Crippen molar-refractivity contribution in [3.63, 3.8) is 0 Å². The van der Waals surface area contributed by atoms with Gasteiger partial charge in [0.15, 0.2) is 5.78 Å². The molecule has 146 valence electrons. The zero-order valence-corrected chi connectivity index (χ0v) is 16.3. The maximum Gasteiger partial charge on any atom is 0.337 e. The number of ketones is 1. The van der Waals surface area contributed by atoms with Crippen LogP contribution in [0, 0.1) is 0 Å². The molecule has 0 aliphatic rings. The van der Waals surface area contributed by atoms with Crippen LogP contribution < -0.4 is 4.74 Å². The number of hydrogen-bond donors (Lipinski definition) is 1. The quantitative estimate of drug-likeness (QED) is 0.390. The Hall–Kier alpha value is -3.06. The number of carbonyl (C=O) groups is 3. The van der Waals surface area contributed by atoms with E-state index in [0.717, 1.165) is 11.1 Å². The molecule has 0 saturated heterocycles. The lowest BCUT2D eigenvalue weighted by Crippen LogP contribution is -2.01. The molecule has 0 aliphatic carbocycles. The van der Waals surface area contributed by atoms with Gasteiger partial charge in [-0.25, -0.2) is 4.79 Å². The minimum Gasteiger partial charge on any atom is -0.496 e. The number of carboxylic acid groups (broad SMARTS) is 1. The lowest BCUT2D eigenvalue weighted by Gasteiger charge is -2.09. The average Bonchev–Trinajstić information content (AvgIpc) is 2.71. The van der Waals surface area contributed by atoms with Gasteiger partial charge in [-0.15, -0.1) is 11.8 Å². The first kappa shape index (κ1) is 21.2. The number of allylic oxidation sites excluding steroid dienone is 1. The van der Waals surface area contributed by atoms with E-state index in [4.69, 9.17) is 9.84 Å². The second kappa shape index (κ2) is 10.3. The van der Waals surface area contributed by atoms with Gasteiger partial charge < -0.3 is 14.6 Å². The number of aliphatic carboxylic acids is 1. The Morgan fingerprint density at radius 2 is 1.71 bits per heavy atom. The van der Waals surface area contributed by atoms with Crippen LogP contribution in [0.1, 0.15) is 31.8 Å². The number of thioether (sulfide) groups is 1. The predicted octanol–water partition coefficient (Wildman–Crippen LogP) is 3.70. The molecule has 0 amide bonds. The first-order valence-corrected chi connectivity index (χ1v) is 9.47. The summed E-state index contributed by atoms with van der Waals surface area (Å²) < 4.78 is 9.93. The molecular formula is C21H20O6S. The van der Waals surface area contributed by atoms with Crippen LogP contribution in [0.25, 0.3) is 6.08 Å². The number of methoxy groups -OCH3 is 2. The molecule has 2 aromatic carbocycles. The highest BCUT2D eigenvalue weighted by Crippen LogP contribution is 2.25. The molecule has 2 aromatic rings. The fraction of sp³-hybridized carbons (Fsp3) is 0.190. The fourth-order valence-electron chi connectivity index (χ4n) is 2.41. The minimum absolute atomic E-state index is 0.0250. The lowest BCUT2D eigenvalue weighted by atomic mass is 10.1. The van der Waals surface area contributed by atoms with Crippen LogP contribution in [-0.4, -0.2) is 42.8 Å². The first-order valence-electron chi connectivity index (χ1n) is 8.32. The van der Waals surface area contributed by atoms with E-state index in [-0.39, 0.29) is 11.5 Å². The first-order chi connectivity index (χ1) is 13.4. The van der Waals surface area contributed by atoms with E-state index in [9.17, 15) is 14.4 Å². The average molecular weight is 400 g/mol. The van der Waals surface area contributed by atoms with E-state index in [1.54, 1.807) is 48.5 Å². The number of carboxylic acids is 1. The summed E-state index contributed by atoms with van der Waals surface area (Å²) in [6.45, 7) is 0. The van der Waals surface area contributed by atoms with Crippen molar-refractivity contribution in [1.82, 2.24) is 0 Å². The van der Waals surface area contributed by atoms with Crippen LogP contribution in [0.15, 0.2) is 48.5 Å². The van der Waals surface area contributed by atoms with Crippen molar-refractivity contribution in [1.29, 1.82) is 0 Å². The van der Waals surface area contributed by atoms with Crippen LogP contribution in [0.2, 0.25) is 0 Å². The number of rotatable bonds is 9. The van der Waals surface area contributed by atoms with Gasteiger partial charge in [0.05, 0.1) is 25.5 Å². The van der Waals surface area contributed by atoms with Crippen LogP contribution in [-0.2, 0) is 15.3 Å². The van der Waals surface area contributed by atoms with Gasteiger partial charge in [-0.3, -0.25) is 9.59 Å². The summed E-state index contributed by atoms with van der Waals surface area (Å²) in [5, 5.41) is 8.76. The van der Waals surface area contributed by atoms with Crippen molar-refractivity contribution in [2.24, 2.45) is 0 Å². The number of ether oxygens (including phenoxy) is 2. The van der Waals surface area contributed by atoms with Gasteiger partial charge in [-0.2, -0.15) is 0 Å². The van der Waals surface area contributed by atoms with Crippen molar-refractivity contribution in [2.45, 2.75) is 5.75 Å². The molecule has 0 fully saturated rings. The highest BCUT2D eigenvalue weighted by Gasteiger charge is 2.10. The summed E-state index contributed by atoms with van der Waals surface area (Å²) in [6.07, 6.45) is 3.11.